The zero-order valence-corrected chi connectivity index (χ0v) is 12.3. The van der Waals surface area contributed by atoms with Crippen LogP contribution in [-0.4, -0.2) is 4.98 Å². The molecule has 1 heterocycles. The summed E-state index contributed by atoms with van der Waals surface area (Å²) in [6, 6.07) is 23.6. The van der Waals surface area contributed by atoms with Gasteiger partial charge in [-0.05, 0) is 29.3 Å². The van der Waals surface area contributed by atoms with E-state index >= 15 is 0 Å². The van der Waals surface area contributed by atoms with E-state index in [2.05, 4.69) is 17.1 Å². The Kier molecular flexibility index (Phi) is 5.11. The highest BCUT2D eigenvalue weighted by Gasteiger charge is 2.05. The standard InChI is InChI=1S/C18H16N2O.H3N/c19-18-15(13-14-7-3-1-4-8-14)11-12-17(20-18)21-16-9-5-2-6-10-16;/h1-12H,13H2,(H2,19,20);1H3. The van der Waals surface area contributed by atoms with E-state index < -0.39 is 0 Å². The first-order chi connectivity index (χ1) is 10.3. The number of hydrogen-bond acceptors (Lipinski definition) is 4. The van der Waals surface area contributed by atoms with Crippen LogP contribution < -0.4 is 16.6 Å². The van der Waals surface area contributed by atoms with Gasteiger partial charge in [0.15, 0.2) is 0 Å². The van der Waals surface area contributed by atoms with Crippen LogP contribution in [-0.2, 0) is 6.42 Å². The maximum atomic E-state index is 6.03. The lowest BCUT2D eigenvalue weighted by atomic mass is 10.1. The number of benzene rings is 2. The number of aromatic nitrogens is 1. The summed E-state index contributed by atoms with van der Waals surface area (Å²) in [4.78, 5) is 4.32. The lowest BCUT2D eigenvalue weighted by Gasteiger charge is -2.08. The van der Waals surface area contributed by atoms with Crippen LogP contribution in [0.1, 0.15) is 11.1 Å². The second-order valence-corrected chi connectivity index (χ2v) is 4.77. The minimum Gasteiger partial charge on any atom is -0.439 e. The molecule has 0 saturated heterocycles. The number of rotatable bonds is 4. The number of hydrogen-bond donors (Lipinski definition) is 2. The highest BCUT2D eigenvalue weighted by Crippen LogP contribution is 2.23. The molecule has 0 radical (unpaired) electrons. The van der Waals surface area contributed by atoms with E-state index in [1.54, 1.807) is 0 Å². The molecule has 4 nitrogen and oxygen atoms in total. The lowest BCUT2D eigenvalue weighted by Crippen LogP contribution is -2.00. The summed E-state index contributed by atoms with van der Waals surface area (Å²) in [6.07, 6.45) is 0.769. The topological polar surface area (TPSA) is 83.1 Å². The number of ether oxygens (including phenoxy) is 1. The number of pyridine rings is 1. The minimum absolute atomic E-state index is 0. The molecule has 0 spiro atoms. The van der Waals surface area contributed by atoms with Gasteiger partial charge in [-0.2, -0.15) is 4.98 Å². The third-order valence-corrected chi connectivity index (χ3v) is 3.19. The number of nitrogen functional groups attached to an aromatic ring is 1. The van der Waals surface area contributed by atoms with Gasteiger partial charge in [0.1, 0.15) is 11.6 Å². The first-order valence-corrected chi connectivity index (χ1v) is 6.83. The first-order valence-electron chi connectivity index (χ1n) is 6.83. The molecule has 2 aromatic carbocycles. The van der Waals surface area contributed by atoms with Crippen LogP contribution in [0.4, 0.5) is 5.82 Å². The molecule has 0 aliphatic rings. The van der Waals surface area contributed by atoms with Gasteiger partial charge < -0.3 is 16.6 Å². The van der Waals surface area contributed by atoms with Crippen LogP contribution in [0, 0.1) is 0 Å². The molecule has 0 atom stereocenters. The van der Waals surface area contributed by atoms with Gasteiger partial charge >= 0.3 is 0 Å². The Bertz CT molecular complexity index is 715. The summed E-state index contributed by atoms with van der Waals surface area (Å²) in [7, 11) is 0. The Morgan fingerprint density at radius 1 is 0.818 bits per heavy atom. The van der Waals surface area contributed by atoms with E-state index in [9.17, 15) is 0 Å². The van der Waals surface area contributed by atoms with Crippen LogP contribution in [0.15, 0.2) is 72.8 Å². The van der Waals surface area contributed by atoms with Crippen molar-refractivity contribution < 1.29 is 4.74 Å². The van der Waals surface area contributed by atoms with Gasteiger partial charge in [0.2, 0.25) is 5.88 Å². The van der Waals surface area contributed by atoms with E-state index in [0.29, 0.717) is 11.7 Å². The molecule has 4 heteroatoms. The molecule has 3 aromatic rings. The van der Waals surface area contributed by atoms with Crippen molar-refractivity contribution in [3.63, 3.8) is 0 Å². The van der Waals surface area contributed by atoms with Gasteiger partial charge in [-0.15, -0.1) is 0 Å². The molecule has 112 valence electrons. The average Bonchev–Trinajstić information content (AvgIpc) is 2.52. The van der Waals surface area contributed by atoms with Gasteiger partial charge in [-0.1, -0.05) is 48.5 Å². The van der Waals surface area contributed by atoms with Crippen molar-refractivity contribution in [2.75, 3.05) is 5.73 Å². The van der Waals surface area contributed by atoms with Gasteiger partial charge in [-0.25, -0.2) is 0 Å². The fourth-order valence-corrected chi connectivity index (χ4v) is 2.12. The maximum absolute atomic E-state index is 6.03. The molecular formula is C18H19N3O. The second-order valence-electron chi connectivity index (χ2n) is 4.77. The highest BCUT2D eigenvalue weighted by atomic mass is 16.5. The number of para-hydroxylation sites is 1. The molecule has 0 unspecified atom stereocenters. The summed E-state index contributed by atoms with van der Waals surface area (Å²) < 4.78 is 5.67. The van der Waals surface area contributed by atoms with Crippen molar-refractivity contribution in [1.29, 1.82) is 0 Å². The maximum Gasteiger partial charge on any atom is 0.221 e. The average molecular weight is 293 g/mol. The van der Waals surface area contributed by atoms with E-state index in [1.807, 2.05) is 60.7 Å². The van der Waals surface area contributed by atoms with Crippen molar-refractivity contribution in [1.82, 2.24) is 11.1 Å². The number of nitrogens with zero attached hydrogens (tertiary/aromatic N) is 1. The van der Waals surface area contributed by atoms with Crippen LogP contribution in [0.5, 0.6) is 11.6 Å². The quantitative estimate of drug-likeness (QED) is 0.754. The fourth-order valence-electron chi connectivity index (χ4n) is 2.12. The smallest absolute Gasteiger partial charge is 0.221 e. The molecule has 0 bridgehead atoms. The summed E-state index contributed by atoms with van der Waals surface area (Å²) in [6.45, 7) is 0. The molecule has 3 rings (SSSR count). The van der Waals surface area contributed by atoms with Crippen molar-refractivity contribution in [2.45, 2.75) is 6.42 Å². The Balaban J connectivity index is 0.00000176. The predicted octanol–water partition coefficient (Wildman–Crippen LogP) is 4.21. The predicted molar refractivity (Wildman–Crippen MR) is 89.4 cm³/mol. The molecule has 22 heavy (non-hydrogen) atoms. The van der Waals surface area contributed by atoms with Gasteiger partial charge in [0, 0.05) is 12.5 Å². The number of anilines is 1. The van der Waals surface area contributed by atoms with Crippen molar-refractivity contribution >= 4 is 5.82 Å². The first kappa shape index (κ1) is 15.5. The van der Waals surface area contributed by atoms with Crippen molar-refractivity contribution in [3.8, 4) is 11.6 Å². The molecule has 0 saturated carbocycles. The fraction of sp³-hybridized carbons (Fsp3) is 0.0556. The summed E-state index contributed by atoms with van der Waals surface area (Å²) in [5.41, 5.74) is 8.24. The SMILES string of the molecule is N.Nc1nc(Oc2ccccc2)ccc1Cc1ccccc1. The molecule has 1 aromatic heterocycles. The zero-order valence-electron chi connectivity index (χ0n) is 12.3. The van der Waals surface area contributed by atoms with Crippen LogP contribution in [0.3, 0.4) is 0 Å². The Morgan fingerprint density at radius 2 is 1.45 bits per heavy atom. The van der Waals surface area contributed by atoms with Gasteiger partial charge in [0.05, 0.1) is 0 Å². The normalized spacial score (nSPS) is 9.82. The van der Waals surface area contributed by atoms with E-state index in [-0.39, 0.29) is 6.15 Å². The monoisotopic (exact) mass is 293 g/mol. The Labute approximate surface area is 130 Å². The van der Waals surface area contributed by atoms with Crippen molar-refractivity contribution in [2.24, 2.45) is 0 Å². The van der Waals surface area contributed by atoms with E-state index in [0.717, 1.165) is 17.7 Å². The summed E-state index contributed by atoms with van der Waals surface area (Å²) in [5.74, 6) is 1.77. The Hall–Kier alpha value is -2.85. The van der Waals surface area contributed by atoms with Crippen LogP contribution >= 0.6 is 0 Å². The molecule has 0 amide bonds. The van der Waals surface area contributed by atoms with E-state index in [1.165, 1.54) is 5.56 Å². The molecule has 0 aliphatic carbocycles. The second kappa shape index (κ2) is 7.24. The third kappa shape index (κ3) is 3.84. The largest absolute Gasteiger partial charge is 0.439 e. The third-order valence-electron chi connectivity index (χ3n) is 3.19. The number of nitrogens with two attached hydrogens (primary N) is 1. The van der Waals surface area contributed by atoms with Crippen LogP contribution in [0.2, 0.25) is 0 Å². The molecular weight excluding hydrogens is 274 g/mol. The Morgan fingerprint density at radius 3 is 2.09 bits per heavy atom. The van der Waals surface area contributed by atoms with Gasteiger partial charge in [0.25, 0.3) is 0 Å². The van der Waals surface area contributed by atoms with Crippen molar-refractivity contribution in [3.05, 3.63) is 83.9 Å². The van der Waals surface area contributed by atoms with Gasteiger partial charge in [-0.3, -0.25) is 0 Å². The lowest BCUT2D eigenvalue weighted by molar-refractivity contribution is 0.463. The zero-order chi connectivity index (χ0) is 14.5. The molecule has 0 aliphatic heterocycles. The van der Waals surface area contributed by atoms with Crippen LogP contribution in [0.25, 0.3) is 0 Å². The molecule has 5 N–H and O–H groups in total. The van der Waals surface area contributed by atoms with E-state index in [4.69, 9.17) is 10.5 Å². The molecule has 0 fully saturated rings. The highest BCUT2D eigenvalue weighted by molar-refractivity contribution is 5.45. The minimum atomic E-state index is 0. The summed E-state index contributed by atoms with van der Waals surface area (Å²) >= 11 is 0. The summed E-state index contributed by atoms with van der Waals surface area (Å²) in [5, 5.41) is 0.